The summed E-state index contributed by atoms with van der Waals surface area (Å²) in [7, 11) is 0. The summed E-state index contributed by atoms with van der Waals surface area (Å²) in [4.78, 5) is 12.6. The smallest absolute Gasteiger partial charge is 0.416 e. The van der Waals surface area contributed by atoms with Crippen molar-refractivity contribution in [2.45, 2.75) is 31.0 Å². The van der Waals surface area contributed by atoms with E-state index in [1.165, 1.54) is 0 Å². The number of carbonyl (C=O) groups is 1. The largest absolute Gasteiger partial charge is 0.431 e. The van der Waals surface area contributed by atoms with Gasteiger partial charge in [-0.2, -0.15) is 26.3 Å². The van der Waals surface area contributed by atoms with E-state index in [1.54, 1.807) is 36.4 Å². The molecule has 0 N–H and O–H groups in total. The molecule has 31 heavy (non-hydrogen) atoms. The number of benzene rings is 2. The number of hydrogen-bond donors (Lipinski definition) is 0. The molecule has 3 rings (SSSR count). The molecule has 0 bridgehead atoms. The molecular weight excluding hydrogens is 426 g/mol. The number of esters is 1. The van der Waals surface area contributed by atoms with E-state index in [4.69, 9.17) is 9.47 Å². The van der Waals surface area contributed by atoms with Crippen molar-refractivity contribution in [3.63, 3.8) is 0 Å². The number of halogens is 6. The van der Waals surface area contributed by atoms with Crippen LogP contribution in [-0.2, 0) is 21.8 Å². The van der Waals surface area contributed by atoms with Crippen LogP contribution in [0.5, 0.6) is 0 Å². The maximum Gasteiger partial charge on any atom is 0.416 e. The average molecular weight is 444 g/mol. The molecule has 9 heteroatoms. The number of allylic oxidation sites excluding steroid dienone is 1. The van der Waals surface area contributed by atoms with Crippen molar-refractivity contribution in [1.82, 2.24) is 0 Å². The molecule has 3 nitrogen and oxygen atoms in total. The Balaban J connectivity index is 1.94. The number of hydrogen-bond acceptors (Lipinski definition) is 3. The first-order valence-electron chi connectivity index (χ1n) is 9.30. The standard InChI is InChI=1S/C22H18F6O3/c1-2-13-8-9-30-20(18(13)14-6-4-3-5-7-14)31-19(29)15-10-16(21(23,24)25)12-17(11-15)22(26,27)28/h2-7,10-13,18,20H,1,8-9H2. The molecule has 0 aromatic heterocycles. The van der Waals surface area contributed by atoms with Crippen LogP contribution in [0.25, 0.3) is 0 Å². The highest BCUT2D eigenvalue weighted by Gasteiger charge is 2.40. The van der Waals surface area contributed by atoms with Crippen LogP contribution in [0, 0.1) is 5.92 Å². The summed E-state index contributed by atoms with van der Waals surface area (Å²) < 4.78 is 89.3. The summed E-state index contributed by atoms with van der Waals surface area (Å²) >= 11 is 0. The molecule has 1 aliphatic heterocycles. The first kappa shape index (κ1) is 22.9. The van der Waals surface area contributed by atoms with E-state index in [1.807, 2.05) is 0 Å². The molecule has 0 aliphatic carbocycles. The van der Waals surface area contributed by atoms with Gasteiger partial charge in [-0.3, -0.25) is 0 Å². The van der Waals surface area contributed by atoms with Crippen LogP contribution in [-0.4, -0.2) is 18.9 Å². The Morgan fingerprint density at radius 3 is 2.10 bits per heavy atom. The Kier molecular flexibility index (Phi) is 6.45. The van der Waals surface area contributed by atoms with Crippen molar-refractivity contribution in [1.29, 1.82) is 0 Å². The van der Waals surface area contributed by atoms with Gasteiger partial charge in [0, 0.05) is 0 Å². The third-order valence-corrected chi connectivity index (χ3v) is 5.02. The Hall–Kier alpha value is -2.81. The molecular formula is C22H18F6O3. The minimum absolute atomic E-state index is 0.0472. The zero-order chi connectivity index (χ0) is 22.8. The Labute approximate surface area is 174 Å². The molecule has 2 aromatic rings. The Morgan fingerprint density at radius 1 is 1.00 bits per heavy atom. The van der Waals surface area contributed by atoms with Crippen molar-refractivity contribution < 1.29 is 40.6 Å². The second-order valence-electron chi connectivity index (χ2n) is 7.06. The normalized spacial score (nSPS) is 22.1. The highest BCUT2D eigenvalue weighted by Crippen LogP contribution is 2.39. The van der Waals surface area contributed by atoms with Gasteiger partial charge >= 0.3 is 18.3 Å². The fraction of sp³-hybridized carbons (Fsp3) is 0.318. The summed E-state index contributed by atoms with van der Waals surface area (Å²) in [6.45, 7) is 3.95. The molecule has 1 heterocycles. The van der Waals surface area contributed by atoms with Crippen molar-refractivity contribution in [2.24, 2.45) is 5.92 Å². The van der Waals surface area contributed by atoms with Gasteiger partial charge in [-0.1, -0.05) is 36.4 Å². The zero-order valence-electron chi connectivity index (χ0n) is 16.0. The van der Waals surface area contributed by atoms with Crippen LogP contribution < -0.4 is 0 Å². The minimum Gasteiger partial charge on any atom is -0.431 e. The predicted molar refractivity (Wildman–Crippen MR) is 99.1 cm³/mol. The fourth-order valence-electron chi connectivity index (χ4n) is 3.50. The quantitative estimate of drug-likeness (QED) is 0.319. The van der Waals surface area contributed by atoms with E-state index in [0.717, 1.165) is 5.56 Å². The zero-order valence-corrected chi connectivity index (χ0v) is 16.0. The fourth-order valence-corrected chi connectivity index (χ4v) is 3.50. The van der Waals surface area contributed by atoms with Gasteiger partial charge < -0.3 is 9.47 Å². The lowest BCUT2D eigenvalue weighted by Crippen LogP contribution is -2.37. The molecule has 2 aromatic carbocycles. The molecule has 1 aliphatic rings. The lowest BCUT2D eigenvalue weighted by molar-refractivity contribution is -0.153. The number of rotatable bonds is 4. The van der Waals surface area contributed by atoms with Crippen LogP contribution in [0.2, 0.25) is 0 Å². The number of alkyl halides is 6. The van der Waals surface area contributed by atoms with Crippen LogP contribution >= 0.6 is 0 Å². The second kappa shape index (κ2) is 8.74. The highest BCUT2D eigenvalue weighted by atomic mass is 19.4. The lowest BCUT2D eigenvalue weighted by atomic mass is 9.82. The third kappa shape index (κ3) is 5.28. The van der Waals surface area contributed by atoms with Crippen molar-refractivity contribution in [2.75, 3.05) is 6.61 Å². The van der Waals surface area contributed by atoms with Gasteiger partial charge in [0.1, 0.15) is 0 Å². The van der Waals surface area contributed by atoms with Gasteiger partial charge in [-0.05, 0) is 36.1 Å². The van der Waals surface area contributed by atoms with Crippen LogP contribution in [0.3, 0.4) is 0 Å². The van der Waals surface area contributed by atoms with Crippen LogP contribution in [0.1, 0.15) is 39.4 Å². The second-order valence-corrected chi connectivity index (χ2v) is 7.06. The monoisotopic (exact) mass is 444 g/mol. The SMILES string of the molecule is C=CC1CCOC(OC(=O)c2cc(C(F)(F)F)cc(C(F)(F)F)c2)C1c1ccccc1. The summed E-state index contributed by atoms with van der Waals surface area (Å²) in [5.74, 6) is -2.02. The molecule has 1 saturated heterocycles. The van der Waals surface area contributed by atoms with Crippen molar-refractivity contribution >= 4 is 5.97 Å². The number of carbonyl (C=O) groups excluding carboxylic acids is 1. The topological polar surface area (TPSA) is 35.5 Å². The van der Waals surface area contributed by atoms with Crippen molar-refractivity contribution in [3.8, 4) is 0 Å². The maximum absolute atomic E-state index is 13.1. The third-order valence-electron chi connectivity index (χ3n) is 5.02. The Morgan fingerprint density at radius 2 is 1.58 bits per heavy atom. The van der Waals surface area contributed by atoms with E-state index >= 15 is 0 Å². The predicted octanol–water partition coefficient (Wildman–Crippen LogP) is 6.21. The minimum atomic E-state index is -5.07. The molecule has 166 valence electrons. The van der Waals surface area contributed by atoms with E-state index in [2.05, 4.69) is 6.58 Å². The van der Waals surface area contributed by atoms with E-state index in [9.17, 15) is 31.1 Å². The molecule has 3 unspecified atom stereocenters. The maximum atomic E-state index is 13.1. The molecule has 0 radical (unpaired) electrons. The highest BCUT2D eigenvalue weighted by molar-refractivity contribution is 5.90. The summed E-state index contributed by atoms with van der Waals surface area (Å²) in [5.41, 5.74) is -3.31. The van der Waals surface area contributed by atoms with Gasteiger partial charge in [0.15, 0.2) is 0 Å². The summed E-state index contributed by atoms with van der Waals surface area (Å²) in [6, 6.07) is 9.45. The van der Waals surface area contributed by atoms with Gasteiger partial charge in [-0.25, -0.2) is 4.79 Å². The van der Waals surface area contributed by atoms with Gasteiger partial charge in [0.2, 0.25) is 6.29 Å². The van der Waals surface area contributed by atoms with Crippen molar-refractivity contribution in [3.05, 3.63) is 83.4 Å². The Bertz CT molecular complexity index is 904. The van der Waals surface area contributed by atoms with Gasteiger partial charge in [-0.15, -0.1) is 6.58 Å². The lowest BCUT2D eigenvalue weighted by Gasteiger charge is -2.36. The molecule has 3 atom stereocenters. The van der Waals surface area contributed by atoms with Crippen LogP contribution in [0.4, 0.5) is 26.3 Å². The van der Waals surface area contributed by atoms with E-state index in [-0.39, 0.29) is 18.6 Å². The van der Waals surface area contributed by atoms with Gasteiger partial charge in [0.05, 0.1) is 29.2 Å². The summed E-state index contributed by atoms with van der Waals surface area (Å²) in [5, 5.41) is 0. The first-order chi connectivity index (χ1) is 14.5. The average Bonchev–Trinajstić information content (AvgIpc) is 2.72. The molecule has 0 spiro atoms. The molecule has 1 fully saturated rings. The first-order valence-corrected chi connectivity index (χ1v) is 9.30. The van der Waals surface area contributed by atoms with E-state index in [0.29, 0.717) is 18.6 Å². The van der Waals surface area contributed by atoms with Crippen LogP contribution in [0.15, 0.2) is 61.2 Å². The number of ether oxygens (including phenoxy) is 2. The summed E-state index contributed by atoms with van der Waals surface area (Å²) in [6.07, 6.45) is -9.11. The van der Waals surface area contributed by atoms with E-state index < -0.39 is 47.2 Å². The molecule has 0 amide bonds. The van der Waals surface area contributed by atoms with Gasteiger partial charge in [0.25, 0.3) is 0 Å². The molecule has 0 saturated carbocycles.